The van der Waals surface area contributed by atoms with Gasteiger partial charge in [-0.2, -0.15) is 13.2 Å². The molecule has 0 heterocycles. The summed E-state index contributed by atoms with van der Waals surface area (Å²) in [5.41, 5.74) is 0. The smallest absolute Gasteiger partial charge is 0.382 e. The van der Waals surface area contributed by atoms with E-state index >= 15 is 0 Å². The van der Waals surface area contributed by atoms with Crippen LogP contribution >= 0.6 is 0 Å². The average molecular weight is 287 g/mol. The second-order valence-electron chi connectivity index (χ2n) is 3.37. The minimum absolute atomic E-state index is 0.517. The first-order chi connectivity index (χ1) is 8.13. The van der Waals surface area contributed by atoms with Gasteiger partial charge in [0.1, 0.15) is 5.82 Å². The van der Waals surface area contributed by atoms with Crippen molar-refractivity contribution in [2.45, 2.75) is 17.2 Å². The molecule has 0 saturated carbocycles. The summed E-state index contributed by atoms with van der Waals surface area (Å²) in [7, 11) is -4.29. The van der Waals surface area contributed by atoms with E-state index in [1.165, 1.54) is 0 Å². The summed E-state index contributed by atoms with van der Waals surface area (Å²) in [5, 5.41) is 8.62. The van der Waals surface area contributed by atoms with Crippen LogP contribution in [0.4, 0.5) is 17.6 Å². The Morgan fingerprint density at radius 1 is 1.33 bits per heavy atom. The molecule has 102 valence electrons. The first-order valence-electron chi connectivity index (χ1n) is 4.63. The highest BCUT2D eigenvalue weighted by atomic mass is 32.2. The van der Waals surface area contributed by atoms with Crippen LogP contribution in [0, 0.1) is 5.82 Å². The highest BCUT2D eigenvalue weighted by molar-refractivity contribution is 7.89. The summed E-state index contributed by atoms with van der Waals surface area (Å²) in [5.74, 6) is -0.839. The van der Waals surface area contributed by atoms with Crippen LogP contribution in [0.25, 0.3) is 0 Å². The van der Waals surface area contributed by atoms with Gasteiger partial charge in [0.15, 0.2) is 6.10 Å². The van der Waals surface area contributed by atoms with Crippen molar-refractivity contribution in [3.8, 4) is 0 Å². The lowest BCUT2D eigenvalue weighted by Crippen LogP contribution is -2.40. The monoisotopic (exact) mass is 287 g/mol. The topological polar surface area (TPSA) is 66.4 Å². The fourth-order valence-electron chi connectivity index (χ4n) is 1.02. The molecule has 0 radical (unpaired) electrons. The predicted octanol–water partition coefficient (Wildman–Crippen LogP) is 1.03. The van der Waals surface area contributed by atoms with E-state index in [4.69, 9.17) is 5.11 Å². The maximum absolute atomic E-state index is 12.8. The van der Waals surface area contributed by atoms with Gasteiger partial charge in [-0.25, -0.2) is 17.5 Å². The quantitative estimate of drug-likeness (QED) is 0.813. The number of hydrogen-bond acceptors (Lipinski definition) is 3. The molecule has 9 heteroatoms. The van der Waals surface area contributed by atoms with E-state index in [1.807, 2.05) is 0 Å². The molecule has 0 spiro atoms. The highest BCUT2D eigenvalue weighted by Gasteiger charge is 2.38. The van der Waals surface area contributed by atoms with Gasteiger partial charge in [0.25, 0.3) is 0 Å². The SMILES string of the molecule is O=S(=O)(NCC(O)C(F)(F)F)c1cccc(F)c1. The molecule has 4 nitrogen and oxygen atoms in total. The number of hydrogen-bond donors (Lipinski definition) is 2. The lowest BCUT2D eigenvalue weighted by Gasteiger charge is -2.15. The Morgan fingerprint density at radius 3 is 2.44 bits per heavy atom. The molecular formula is C9H9F4NO3S. The van der Waals surface area contributed by atoms with Crippen molar-refractivity contribution < 1.29 is 31.1 Å². The molecule has 18 heavy (non-hydrogen) atoms. The van der Waals surface area contributed by atoms with Gasteiger partial charge in [0.2, 0.25) is 10.0 Å². The summed E-state index contributed by atoms with van der Waals surface area (Å²) >= 11 is 0. The van der Waals surface area contributed by atoms with Crippen LogP contribution in [-0.2, 0) is 10.0 Å². The molecule has 1 rings (SSSR count). The molecule has 0 fully saturated rings. The molecule has 1 unspecified atom stereocenters. The number of sulfonamides is 1. The van der Waals surface area contributed by atoms with Gasteiger partial charge in [-0.15, -0.1) is 0 Å². The van der Waals surface area contributed by atoms with Crippen LogP contribution in [0.5, 0.6) is 0 Å². The molecule has 1 atom stereocenters. The predicted molar refractivity (Wildman–Crippen MR) is 53.7 cm³/mol. The zero-order valence-electron chi connectivity index (χ0n) is 8.78. The molecule has 0 aliphatic heterocycles. The standard InChI is InChI=1S/C9H9F4NO3S/c10-6-2-1-3-7(4-6)18(16,17)14-5-8(15)9(11,12)13/h1-4,8,14-15H,5H2. The number of aliphatic hydroxyl groups excluding tert-OH is 1. The van der Waals surface area contributed by atoms with E-state index in [9.17, 15) is 26.0 Å². The summed E-state index contributed by atoms with van der Waals surface area (Å²) in [6.45, 7) is -1.23. The van der Waals surface area contributed by atoms with Crippen molar-refractivity contribution in [2.24, 2.45) is 0 Å². The summed E-state index contributed by atoms with van der Waals surface area (Å²) in [6, 6.07) is 3.77. The summed E-state index contributed by atoms with van der Waals surface area (Å²) < 4.78 is 73.1. The molecule has 0 bridgehead atoms. The fraction of sp³-hybridized carbons (Fsp3) is 0.333. The van der Waals surface area contributed by atoms with E-state index in [0.717, 1.165) is 18.2 Å². The lowest BCUT2D eigenvalue weighted by molar-refractivity contribution is -0.200. The number of halogens is 4. The first-order valence-corrected chi connectivity index (χ1v) is 6.11. The van der Waals surface area contributed by atoms with Crippen molar-refractivity contribution >= 4 is 10.0 Å². The zero-order valence-corrected chi connectivity index (χ0v) is 9.59. The Labute approximate surface area is 100 Å². The Bertz CT molecular complexity index is 515. The zero-order chi connectivity index (χ0) is 14.0. The van der Waals surface area contributed by atoms with Crippen LogP contribution in [0.2, 0.25) is 0 Å². The van der Waals surface area contributed by atoms with Gasteiger partial charge in [-0.3, -0.25) is 0 Å². The third kappa shape index (κ3) is 3.93. The second-order valence-corrected chi connectivity index (χ2v) is 5.13. The summed E-state index contributed by atoms with van der Waals surface area (Å²) in [6.07, 6.45) is -7.74. The maximum Gasteiger partial charge on any atom is 0.415 e. The molecule has 0 aromatic heterocycles. The van der Waals surface area contributed by atoms with Crippen LogP contribution in [0.1, 0.15) is 0 Å². The molecular weight excluding hydrogens is 278 g/mol. The van der Waals surface area contributed by atoms with Crippen LogP contribution < -0.4 is 4.72 Å². The van der Waals surface area contributed by atoms with Crippen molar-refractivity contribution in [1.29, 1.82) is 0 Å². The van der Waals surface area contributed by atoms with Crippen LogP contribution in [0.15, 0.2) is 29.2 Å². The average Bonchev–Trinajstić information content (AvgIpc) is 2.24. The maximum atomic E-state index is 12.8. The van der Waals surface area contributed by atoms with E-state index in [0.29, 0.717) is 6.07 Å². The molecule has 0 aliphatic carbocycles. The van der Waals surface area contributed by atoms with Crippen molar-refractivity contribution in [2.75, 3.05) is 6.54 Å². The molecule has 1 aromatic carbocycles. The Kier molecular flexibility index (Phi) is 4.30. The normalized spacial score (nSPS) is 14.5. The Hall–Kier alpha value is -1.19. The fourth-order valence-corrected chi connectivity index (χ4v) is 2.09. The number of rotatable bonds is 4. The molecule has 0 amide bonds. The van der Waals surface area contributed by atoms with Gasteiger partial charge in [-0.05, 0) is 18.2 Å². The molecule has 2 N–H and O–H groups in total. The molecule has 0 saturated heterocycles. The third-order valence-corrected chi connectivity index (χ3v) is 3.37. The number of aliphatic hydroxyl groups is 1. The Balaban J connectivity index is 2.78. The minimum Gasteiger partial charge on any atom is -0.382 e. The lowest BCUT2D eigenvalue weighted by atomic mass is 10.3. The second kappa shape index (κ2) is 5.21. The van der Waals surface area contributed by atoms with E-state index in [1.54, 1.807) is 4.72 Å². The number of benzene rings is 1. The van der Waals surface area contributed by atoms with E-state index in [2.05, 4.69) is 0 Å². The molecule has 1 aromatic rings. The minimum atomic E-state index is -4.93. The van der Waals surface area contributed by atoms with E-state index in [-0.39, 0.29) is 0 Å². The van der Waals surface area contributed by atoms with Gasteiger partial charge in [-0.1, -0.05) is 6.07 Å². The highest BCUT2D eigenvalue weighted by Crippen LogP contribution is 2.20. The third-order valence-electron chi connectivity index (χ3n) is 1.95. The molecule has 0 aliphatic rings. The Morgan fingerprint density at radius 2 is 1.94 bits per heavy atom. The largest absolute Gasteiger partial charge is 0.415 e. The van der Waals surface area contributed by atoms with Crippen molar-refractivity contribution in [3.63, 3.8) is 0 Å². The van der Waals surface area contributed by atoms with Crippen molar-refractivity contribution in [1.82, 2.24) is 4.72 Å². The summed E-state index contributed by atoms with van der Waals surface area (Å²) in [4.78, 5) is -0.517. The van der Waals surface area contributed by atoms with Gasteiger partial charge < -0.3 is 5.11 Å². The van der Waals surface area contributed by atoms with Crippen LogP contribution in [-0.4, -0.2) is 32.3 Å². The van der Waals surface area contributed by atoms with Crippen molar-refractivity contribution in [3.05, 3.63) is 30.1 Å². The van der Waals surface area contributed by atoms with Crippen LogP contribution in [0.3, 0.4) is 0 Å². The van der Waals surface area contributed by atoms with Gasteiger partial charge in [0.05, 0.1) is 4.90 Å². The number of nitrogens with one attached hydrogen (secondary N) is 1. The van der Waals surface area contributed by atoms with Gasteiger partial charge in [0, 0.05) is 6.54 Å². The van der Waals surface area contributed by atoms with Gasteiger partial charge >= 0.3 is 6.18 Å². The first kappa shape index (κ1) is 14.9. The number of alkyl halides is 3. The van der Waals surface area contributed by atoms with E-state index < -0.39 is 39.6 Å².